The molecule has 2 aliphatic rings. The molecule has 0 bridgehead atoms. The fraction of sp³-hybridized carbons (Fsp3) is 0.320. The standard InChI is InChI=1S/C25H27N3O3S/c1-4-17-9-11-18(12-10-17)23(29)27-20-8-5-7-19(15-20)22-21(24(30)31-3)16(2)26-25-28(22)13-6-14-32-25/h5,7-12,15,22H,4,6,13-14H2,1-3H3,(H,27,29). The average Bonchev–Trinajstić information content (AvgIpc) is 2.82. The van der Waals surface area contributed by atoms with E-state index in [9.17, 15) is 9.59 Å². The van der Waals surface area contributed by atoms with Gasteiger partial charge in [0.15, 0.2) is 5.17 Å². The van der Waals surface area contributed by atoms with Crippen LogP contribution in [0.25, 0.3) is 0 Å². The molecule has 1 atom stereocenters. The summed E-state index contributed by atoms with van der Waals surface area (Å²) >= 11 is 1.71. The number of carbonyl (C=O) groups excluding carboxylic acids is 2. The molecule has 2 aliphatic heterocycles. The van der Waals surface area contributed by atoms with Crippen molar-refractivity contribution in [2.45, 2.75) is 32.7 Å². The number of allylic oxidation sites excluding steroid dienone is 1. The Hall–Kier alpha value is -3.06. The van der Waals surface area contributed by atoms with Crippen molar-refractivity contribution in [2.75, 3.05) is 24.7 Å². The quantitative estimate of drug-likeness (QED) is 0.664. The Morgan fingerprint density at radius 2 is 2.00 bits per heavy atom. The number of benzene rings is 2. The van der Waals surface area contributed by atoms with Gasteiger partial charge in [-0.05, 0) is 55.2 Å². The molecule has 2 aromatic carbocycles. The number of nitrogens with one attached hydrogen (secondary N) is 1. The van der Waals surface area contributed by atoms with Crippen LogP contribution in [-0.4, -0.2) is 41.4 Å². The van der Waals surface area contributed by atoms with Gasteiger partial charge in [-0.3, -0.25) is 4.79 Å². The lowest BCUT2D eigenvalue weighted by Gasteiger charge is -2.40. The van der Waals surface area contributed by atoms with Crippen molar-refractivity contribution in [3.05, 3.63) is 76.5 Å². The van der Waals surface area contributed by atoms with Crippen LogP contribution >= 0.6 is 11.8 Å². The fourth-order valence-corrected chi connectivity index (χ4v) is 5.09. The van der Waals surface area contributed by atoms with Crippen molar-refractivity contribution in [3.8, 4) is 0 Å². The highest BCUT2D eigenvalue weighted by atomic mass is 32.2. The summed E-state index contributed by atoms with van der Waals surface area (Å²) in [5.74, 6) is 0.468. The molecule has 0 radical (unpaired) electrons. The number of methoxy groups -OCH3 is 1. The normalized spacial score (nSPS) is 18.0. The molecule has 166 valence electrons. The number of carbonyl (C=O) groups is 2. The molecule has 0 aromatic heterocycles. The molecular weight excluding hydrogens is 422 g/mol. The number of rotatable bonds is 5. The topological polar surface area (TPSA) is 71.0 Å². The number of anilines is 1. The highest BCUT2D eigenvalue weighted by molar-refractivity contribution is 8.13. The van der Waals surface area contributed by atoms with Crippen LogP contribution in [0.5, 0.6) is 0 Å². The van der Waals surface area contributed by atoms with Crippen molar-refractivity contribution in [3.63, 3.8) is 0 Å². The Morgan fingerprint density at radius 1 is 1.22 bits per heavy atom. The second-order valence-electron chi connectivity index (χ2n) is 7.81. The lowest BCUT2D eigenvalue weighted by molar-refractivity contribution is -0.136. The number of ether oxygens (including phenoxy) is 1. The number of hydrogen-bond acceptors (Lipinski definition) is 6. The highest BCUT2D eigenvalue weighted by Gasteiger charge is 2.37. The molecule has 7 heteroatoms. The SMILES string of the molecule is CCc1ccc(C(=O)Nc2cccc(C3C(C(=O)OC)=C(C)N=C4SCCCN43)c2)cc1. The van der Waals surface area contributed by atoms with E-state index in [-0.39, 0.29) is 17.9 Å². The molecule has 6 nitrogen and oxygen atoms in total. The first-order valence-corrected chi connectivity index (χ1v) is 11.8. The lowest BCUT2D eigenvalue weighted by Crippen LogP contribution is -2.42. The van der Waals surface area contributed by atoms with Crippen LogP contribution in [0.4, 0.5) is 5.69 Å². The molecule has 1 fully saturated rings. The monoisotopic (exact) mass is 449 g/mol. The maximum absolute atomic E-state index is 12.8. The first-order chi connectivity index (χ1) is 15.5. The van der Waals surface area contributed by atoms with Crippen molar-refractivity contribution < 1.29 is 14.3 Å². The summed E-state index contributed by atoms with van der Waals surface area (Å²) in [5.41, 5.74) is 4.61. The van der Waals surface area contributed by atoms with Gasteiger partial charge in [0.05, 0.1) is 24.4 Å². The summed E-state index contributed by atoms with van der Waals surface area (Å²) in [7, 11) is 1.39. The van der Waals surface area contributed by atoms with Crippen LogP contribution < -0.4 is 5.32 Å². The van der Waals surface area contributed by atoms with Gasteiger partial charge in [0.25, 0.3) is 5.91 Å². The third-order valence-electron chi connectivity index (χ3n) is 5.75. The van der Waals surface area contributed by atoms with Crippen LogP contribution in [0, 0.1) is 0 Å². The molecule has 0 aliphatic carbocycles. The zero-order chi connectivity index (χ0) is 22.7. The summed E-state index contributed by atoms with van der Waals surface area (Å²) in [6.07, 6.45) is 1.94. The Bertz CT molecular complexity index is 1090. The maximum atomic E-state index is 12.8. The van der Waals surface area contributed by atoms with E-state index in [1.165, 1.54) is 12.7 Å². The number of nitrogens with zero attached hydrogens (tertiary/aromatic N) is 2. The minimum Gasteiger partial charge on any atom is -0.466 e. The highest BCUT2D eigenvalue weighted by Crippen LogP contribution is 2.40. The zero-order valence-electron chi connectivity index (χ0n) is 18.6. The van der Waals surface area contributed by atoms with Crippen LogP contribution in [0.15, 0.2) is 64.8 Å². The Balaban J connectivity index is 1.65. The second-order valence-corrected chi connectivity index (χ2v) is 8.88. The first kappa shape index (κ1) is 22.1. The predicted octanol–water partition coefficient (Wildman–Crippen LogP) is 4.80. The van der Waals surface area contributed by atoms with E-state index >= 15 is 0 Å². The Morgan fingerprint density at radius 3 is 2.72 bits per heavy atom. The summed E-state index contributed by atoms with van der Waals surface area (Å²) in [6.45, 7) is 4.75. The number of thioether (sulfide) groups is 1. The molecule has 0 saturated carbocycles. The van der Waals surface area contributed by atoms with Crippen molar-refractivity contribution in [1.82, 2.24) is 4.90 Å². The molecule has 2 heterocycles. The fourth-order valence-electron chi connectivity index (χ4n) is 4.07. The largest absolute Gasteiger partial charge is 0.466 e. The molecule has 1 amide bonds. The van der Waals surface area contributed by atoms with Crippen molar-refractivity contribution in [2.24, 2.45) is 4.99 Å². The number of fused-ring (bicyclic) bond motifs is 1. The van der Waals surface area contributed by atoms with E-state index < -0.39 is 0 Å². The van der Waals surface area contributed by atoms with Crippen LogP contribution in [0.1, 0.15) is 47.8 Å². The maximum Gasteiger partial charge on any atom is 0.338 e. The van der Waals surface area contributed by atoms with Gasteiger partial charge in [-0.25, -0.2) is 9.79 Å². The van der Waals surface area contributed by atoms with E-state index in [0.29, 0.717) is 22.5 Å². The summed E-state index contributed by atoms with van der Waals surface area (Å²) in [6, 6.07) is 15.0. The van der Waals surface area contributed by atoms with E-state index in [2.05, 4.69) is 22.1 Å². The smallest absolute Gasteiger partial charge is 0.338 e. The number of aliphatic imine (C=N–C) groups is 1. The second kappa shape index (κ2) is 9.61. The molecule has 2 aromatic rings. The van der Waals surface area contributed by atoms with E-state index in [0.717, 1.165) is 35.9 Å². The number of aryl methyl sites for hydroxylation is 1. The molecular formula is C25H27N3O3S. The van der Waals surface area contributed by atoms with Gasteiger partial charge in [-0.15, -0.1) is 0 Å². The number of esters is 1. The molecule has 4 rings (SSSR count). The summed E-state index contributed by atoms with van der Waals surface area (Å²) in [4.78, 5) is 32.3. The summed E-state index contributed by atoms with van der Waals surface area (Å²) < 4.78 is 5.09. The van der Waals surface area contributed by atoms with Gasteiger partial charge in [0.2, 0.25) is 0 Å². The zero-order valence-corrected chi connectivity index (χ0v) is 19.4. The molecule has 0 spiro atoms. The Kier molecular flexibility index (Phi) is 6.65. The van der Waals surface area contributed by atoms with E-state index in [4.69, 9.17) is 4.74 Å². The number of hydrogen-bond donors (Lipinski definition) is 1. The summed E-state index contributed by atoms with van der Waals surface area (Å²) in [5, 5.41) is 3.92. The minimum atomic E-state index is -0.378. The van der Waals surface area contributed by atoms with E-state index in [1.807, 2.05) is 55.5 Å². The predicted molar refractivity (Wildman–Crippen MR) is 129 cm³/mol. The van der Waals surface area contributed by atoms with Gasteiger partial charge in [-0.2, -0.15) is 0 Å². The van der Waals surface area contributed by atoms with Crippen LogP contribution in [0.3, 0.4) is 0 Å². The van der Waals surface area contributed by atoms with Gasteiger partial charge in [0.1, 0.15) is 0 Å². The average molecular weight is 450 g/mol. The first-order valence-electron chi connectivity index (χ1n) is 10.8. The lowest BCUT2D eigenvalue weighted by atomic mass is 9.94. The minimum absolute atomic E-state index is 0.163. The number of amides is 1. The van der Waals surface area contributed by atoms with Crippen LogP contribution in [-0.2, 0) is 16.0 Å². The van der Waals surface area contributed by atoms with Gasteiger partial charge >= 0.3 is 5.97 Å². The molecule has 1 N–H and O–H groups in total. The van der Waals surface area contributed by atoms with Crippen molar-refractivity contribution >= 4 is 34.5 Å². The van der Waals surface area contributed by atoms with Gasteiger partial charge in [0, 0.05) is 23.5 Å². The third kappa shape index (κ3) is 4.43. The number of amidine groups is 1. The molecule has 32 heavy (non-hydrogen) atoms. The van der Waals surface area contributed by atoms with Crippen LogP contribution in [0.2, 0.25) is 0 Å². The molecule has 1 unspecified atom stereocenters. The third-order valence-corrected chi connectivity index (χ3v) is 6.83. The van der Waals surface area contributed by atoms with Gasteiger partial charge < -0.3 is 15.0 Å². The molecule has 1 saturated heterocycles. The van der Waals surface area contributed by atoms with Gasteiger partial charge in [-0.1, -0.05) is 43.0 Å². The van der Waals surface area contributed by atoms with E-state index in [1.54, 1.807) is 11.8 Å². The van der Waals surface area contributed by atoms with Crippen molar-refractivity contribution in [1.29, 1.82) is 0 Å². The Labute approximate surface area is 192 Å².